The smallest absolute Gasteiger partial charge is 0.397 e. The van der Waals surface area contributed by atoms with Gasteiger partial charge in [-0.3, -0.25) is 9.59 Å². The average molecular weight is 448 g/mol. The van der Waals surface area contributed by atoms with Gasteiger partial charge in [-0.15, -0.1) is 0 Å². The number of carbonyl (C=O) groups is 4. The maximum Gasteiger partial charge on any atom is 0.397 e. The van der Waals surface area contributed by atoms with E-state index < -0.39 is 33.6 Å². The molecule has 0 bridgehead atoms. The Morgan fingerprint density at radius 1 is 0.677 bits per heavy atom. The summed E-state index contributed by atoms with van der Waals surface area (Å²) in [5, 5.41) is 4.60. The molecular formula is C20H20N2O8S. The quantitative estimate of drug-likeness (QED) is 0.500. The van der Waals surface area contributed by atoms with Crippen molar-refractivity contribution < 1.29 is 37.1 Å². The fraction of sp³-hybridized carbons (Fsp3) is 0.200. The van der Waals surface area contributed by atoms with E-state index in [0.717, 1.165) is 0 Å². The first-order chi connectivity index (χ1) is 14.7. The van der Waals surface area contributed by atoms with E-state index in [1.165, 1.54) is 48.5 Å². The molecule has 2 aromatic rings. The van der Waals surface area contributed by atoms with Crippen molar-refractivity contribution >= 4 is 45.0 Å². The molecule has 10 nitrogen and oxygen atoms in total. The van der Waals surface area contributed by atoms with Crippen LogP contribution in [0.15, 0.2) is 58.3 Å². The highest BCUT2D eigenvalue weighted by Gasteiger charge is 2.20. The molecule has 0 aliphatic heterocycles. The highest BCUT2D eigenvalue weighted by molar-refractivity contribution is 7.91. The monoisotopic (exact) mass is 448 g/mol. The van der Waals surface area contributed by atoms with Crippen molar-refractivity contribution in [3.8, 4) is 0 Å². The van der Waals surface area contributed by atoms with Crippen LogP contribution in [0.5, 0.6) is 0 Å². The number of benzene rings is 2. The van der Waals surface area contributed by atoms with E-state index in [2.05, 4.69) is 20.1 Å². The van der Waals surface area contributed by atoms with E-state index in [9.17, 15) is 27.6 Å². The molecule has 2 rings (SSSR count). The zero-order valence-corrected chi connectivity index (χ0v) is 17.5. The van der Waals surface area contributed by atoms with E-state index in [1.807, 2.05) is 0 Å². The second-order valence-electron chi connectivity index (χ2n) is 5.90. The topological polar surface area (TPSA) is 145 Å². The van der Waals surface area contributed by atoms with Gasteiger partial charge in [0, 0.05) is 11.4 Å². The van der Waals surface area contributed by atoms with E-state index in [0.29, 0.717) is 0 Å². The Hall–Kier alpha value is -3.73. The van der Waals surface area contributed by atoms with Crippen LogP contribution in [0.4, 0.5) is 11.4 Å². The predicted octanol–water partition coefficient (Wildman–Crippen LogP) is 1.52. The number of nitrogens with one attached hydrogen (secondary N) is 2. The summed E-state index contributed by atoms with van der Waals surface area (Å²) in [5.74, 6) is -4.04. The number of amides is 2. The number of anilines is 2. The van der Waals surface area contributed by atoms with Crippen LogP contribution in [0.25, 0.3) is 0 Å². The van der Waals surface area contributed by atoms with Crippen molar-refractivity contribution in [3.05, 3.63) is 48.5 Å². The Labute approximate surface area is 178 Å². The van der Waals surface area contributed by atoms with Crippen LogP contribution < -0.4 is 10.6 Å². The number of hydrogen-bond acceptors (Lipinski definition) is 8. The third-order valence-electron chi connectivity index (χ3n) is 3.77. The van der Waals surface area contributed by atoms with Crippen molar-refractivity contribution in [1.29, 1.82) is 0 Å². The zero-order chi connectivity index (χ0) is 23.0. The lowest BCUT2D eigenvalue weighted by atomic mass is 10.3. The summed E-state index contributed by atoms with van der Waals surface area (Å²) in [6.45, 7) is 3.22. The highest BCUT2D eigenvalue weighted by Crippen LogP contribution is 2.23. The minimum Gasteiger partial charge on any atom is -0.459 e. The Morgan fingerprint density at radius 2 is 1.00 bits per heavy atom. The molecule has 0 radical (unpaired) electrons. The van der Waals surface area contributed by atoms with E-state index in [1.54, 1.807) is 13.8 Å². The van der Waals surface area contributed by atoms with Gasteiger partial charge in [0.1, 0.15) is 0 Å². The molecule has 0 aromatic heterocycles. The fourth-order valence-corrected chi connectivity index (χ4v) is 3.59. The van der Waals surface area contributed by atoms with Crippen molar-refractivity contribution in [2.24, 2.45) is 0 Å². The molecule has 0 saturated carbocycles. The van der Waals surface area contributed by atoms with Gasteiger partial charge in [-0.1, -0.05) is 0 Å². The van der Waals surface area contributed by atoms with Gasteiger partial charge in [-0.05, 0) is 62.4 Å². The van der Waals surface area contributed by atoms with Gasteiger partial charge < -0.3 is 20.1 Å². The van der Waals surface area contributed by atoms with Gasteiger partial charge in [0.05, 0.1) is 23.0 Å². The summed E-state index contributed by atoms with van der Waals surface area (Å²) in [5.41, 5.74) is 0.433. The molecule has 164 valence electrons. The maximum atomic E-state index is 12.8. The van der Waals surface area contributed by atoms with Crippen LogP contribution in [0.2, 0.25) is 0 Å². The molecule has 0 fully saturated rings. The van der Waals surface area contributed by atoms with Crippen LogP contribution >= 0.6 is 0 Å². The molecule has 0 aliphatic rings. The molecule has 0 spiro atoms. The van der Waals surface area contributed by atoms with E-state index in [4.69, 9.17) is 0 Å². The van der Waals surface area contributed by atoms with Crippen LogP contribution in [-0.2, 0) is 38.5 Å². The van der Waals surface area contributed by atoms with Crippen LogP contribution in [0.1, 0.15) is 13.8 Å². The normalized spacial score (nSPS) is 10.6. The number of hydrogen-bond donors (Lipinski definition) is 2. The molecule has 0 atom stereocenters. The summed E-state index contributed by atoms with van der Waals surface area (Å²) < 4.78 is 34.7. The summed E-state index contributed by atoms with van der Waals surface area (Å²) in [6, 6.07) is 10.4. The number of rotatable bonds is 6. The Balaban J connectivity index is 2.11. The lowest BCUT2D eigenvalue weighted by Gasteiger charge is -2.09. The van der Waals surface area contributed by atoms with E-state index >= 15 is 0 Å². The molecule has 31 heavy (non-hydrogen) atoms. The molecule has 2 aromatic carbocycles. The zero-order valence-electron chi connectivity index (χ0n) is 16.7. The standard InChI is InChI=1S/C20H20N2O8S/c1-3-29-19(25)17(23)21-13-5-9-15(10-6-13)31(27,28)16-11-7-14(8-12-16)22-18(24)20(26)30-4-2/h5-12H,3-4H2,1-2H3,(H,21,23)(H,22,24). The number of carbonyl (C=O) groups excluding carboxylic acids is 4. The second kappa shape index (κ2) is 10.3. The third kappa shape index (κ3) is 6.12. The minimum atomic E-state index is -3.89. The Kier molecular flexibility index (Phi) is 7.86. The Morgan fingerprint density at radius 3 is 1.29 bits per heavy atom. The summed E-state index contributed by atoms with van der Waals surface area (Å²) in [7, 11) is -3.89. The predicted molar refractivity (Wildman–Crippen MR) is 109 cm³/mol. The molecule has 0 heterocycles. The lowest BCUT2D eigenvalue weighted by molar-refractivity contribution is -0.152. The molecule has 2 amide bonds. The molecule has 11 heteroatoms. The molecule has 2 N–H and O–H groups in total. The highest BCUT2D eigenvalue weighted by atomic mass is 32.2. The first kappa shape index (κ1) is 23.5. The summed E-state index contributed by atoms with van der Waals surface area (Å²) in [4.78, 5) is 45.8. The molecule has 0 aliphatic carbocycles. The largest absolute Gasteiger partial charge is 0.459 e. The van der Waals surface area contributed by atoms with Crippen LogP contribution in [0, 0.1) is 0 Å². The lowest BCUT2D eigenvalue weighted by Crippen LogP contribution is -2.25. The fourth-order valence-electron chi connectivity index (χ4n) is 2.33. The van der Waals surface area contributed by atoms with Crippen LogP contribution in [0.3, 0.4) is 0 Å². The summed E-state index contributed by atoms with van der Waals surface area (Å²) in [6.07, 6.45) is 0. The SMILES string of the molecule is CCOC(=O)C(=O)Nc1ccc(S(=O)(=O)c2ccc(NC(=O)C(=O)OCC)cc2)cc1. The van der Waals surface area contributed by atoms with Gasteiger partial charge in [-0.2, -0.15) is 0 Å². The van der Waals surface area contributed by atoms with Gasteiger partial charge in [0.25, 0.3) is 0 Å². The molecule has 0 unspecified atom stereocenters. The Bertz CT molecular complexity index is 996. The number of esters is 2. The van der Waals surface area contributed by atoms with Gasteiger partial charge in [0.15, 0.2) is 0 Å². The first-order valence-electron chi connectivity index (χ1n) is 9.10. The average Bonchev–Trinajstić information content (AvgIpc) is 2.74. The van der Waals surface area contributed by atoms with Crippen molar-refractivity contribution in [2.75, 3.05) is 23.8 Å². The molecule has 0 saturated heterocycles. The number of ether oxygens (including phenoxy) is 2. The summed E-state index contributed by atoms with van der Waals surface area (Å²) >= 11 is 0. The maximum absolute atomic E-state index is 12.8. The van der Waals surface area contributed by atoms with Gasteiger partial charge in [0.2, 0.25) is 9.84 Å². The molecular weight excluding hydrogens is 428 g/mol. The van der Waals surface area contributed by atoms with E-state index in [-0.39, 0.29) is 34.4 Å². The minimum absolute atomic E-state index is 0.0503. The van der Waals surface area contributed by atoms with Crippen LogP contribution in [-0.4, -0.2) is 45.4 Å². The van der Waals surface area contributed by atoms with Crippen molar-refractivity contribution in [2.45, 2.75) is 23.6 Å². The van der Waals surface area contributed by atoms with Gasteiger partial charge >= 0.3 is 23.8 Å². The number of sulfone groups is 1. The first-order valence-corrected chi connectivity index (χ1v) is 10.6. The van der Waals surface area contributed by atoms with Crippen molar-refractivity contribution in [3.63, 3.8) is 0 Å². The van der Waals surface area contributed by atoms with Gasteiger partial charge in [-0.25, -0.2) is 18.0 Å². The third-order valence-corrected chi connectivity index (χ3v) is 5.55. The second-order valence-corrected chi connectivity index (χ2v) is 7.85. The van der Waals surface area contributed by atoms with Crippen molar-refractivity contribution in [1.82, 2.24) is 0 Å².